The van der Waals surface area contributed by atoms with Crippen molar-refractivity contribution < 1.29 is 8.78 Å². The fourth-order valence-corrected chi connectivity index (χ4v) is 0.439. The van der Waals surface area contributed by atoms with Gasteiger partial charge in [-0.2, -0.15) is 10.5 Å². The summed E-state index contributed by atoms with van der Waals surface area (Å²) in [6, 6.07) is 7.52. The van der Waals surface area contributed by atoms with Crippen LogP contribution in [0.3, 0.4) is 0 Å². The fraction of sp³-hybridized carbons (Fsp3) is 0. The van der Waals surface area contributed by atoms with E-state index in [0.717, 1.165) is 12.1 Å². The van der Waals surface area contributed by atoms with Gasteiger partial charge in [0.25, 0.3) is 0 Å². The molecule has 1 aromatic carbocycles. The van der Waals surface area contributed by atoms with Gasteiger partial charge in [-0.1, -0.05) is 12.1 Å². The molecule has 0 aliphatic carbocycles. The number of halogens is 2. The van der Waals surface area contributed by atoms with Crippen LogP contribution in [0.25, 0.3) is 0 Å². The van der Waals surface area contributed by atoms with E-state index in [0.29, 0.717) is 0 Å². The van der Waals surface area contributed by atoms with Crippen LogP contribution in [0.5, 0.6) is 0 Å². The third-order valence-electron chi connectivity index (χ3n) is 0.874. The van der Waals surface area contributed by atoms with Gasteiger partial charge in [0, 0.05) is 0 Å². The van der Waals surface area contributed by atoms with Gasteiger partial charge in [0.05, 0.1) is 0 Å². The average molecular weight is 166 g/mol. The molecular weight excluding hydrogens is 162 g/mol. The molecule has 0 radical (unpaired) electrons. The summed E-state index contributed by atoms with van der Waals surface area (Å²) >= 11 is 0. The van der Waals surface area contributed by atoms with E-state index in [4.69, 9.17) is 10.5 Å². The van der Waals surface area contributed by atoms with Crippen molar-refractivity contribution in [3.05, 3.63) is 35.9 Å². The van der Waals surface area contributed by atoms with Crippen molar-refractivity contribution in [2.24, 2.45) is 0 Å². The van der Waals surface area contributed by atoms with Crippen LogP contribution in [-0.4, -0.2) is 0 Å². The molecule has 0 spiro atoms. The van der Waals surface area contributed by atoms with E-state index in [1.807, 2.05) is 0 Å². The van der Waals surface area contributed by atoms with Crippen molar-refractivity contribution in [3.8, 4) is 12.1 Å². The van der Waals surface area contributed by atoms with E-state index < -0.39 is 11.6 Å². The molecule has 0 fully saturated rings. The summed E-state index contributed by atoms with van der Waals surface area (Å²) in [6.45, 7) is 0. The maximum atomic E-state index is 11.9. The summed E-state index contributed by atoms with van der Waals surface area (Å²) in [5.41, 5.74) is 0. The Bertz CT molecular complexity index is 290. The molecule has 0 aliphatic rings. The smallest absolute Gasteiger partial charge is 0.181 e. The minimum Gasteiger partial charge on any atom is -0.204 e. The van der Waals surface area contributed by atoms with Gasteiger partial charge in [-0.25, -0.2) is 8.78 Å². The summed E-state index contributed by atoms with van der Waals surface area (Å²) in [5, 5.41) is 14.5. The molecule has 2 nitrogen and oxygen atoms in total. The number of hydrogen-bond acceptors (Lipinski definition) is 2. The molecule has 1 rings (SSSR count). The standard InChI is InChI=1S/C6H4F2.C2N2/c7-5-3-1-2-4-6(5)8;3-1-2-4/h1-4H;. The molecule has 0 saturated carbocycles. The van der Waals surface area contributed by atoms with Gasteiger partial charge in [0.1, 0.15) is 0 Å². The Morgan fingerprint density at radius 1 is 0.917 bits per heavy atom. The molecule has 4 heteroatoms. The molecule has 0 heterocycles. The summed E-state index contributed by atoms with van der Waals surface area (Å²) in [6.07, 6.45) is 0. The van der Waals surface area contributed by atoms with Crippen molar-refractivity contribution in [1.29, 1.82) is 10.5 Å². The van der Waals surface area contributed by atoms with Gasteiger partial charge in [0.2, 0.25) is 0 Å². The second-order valence-corrected chi connectivity index (χ2v) is 1.64. The first-order chi connectivity index (χ1) is 5.72. The van der Waals surface area contributed by atoms with Crippen molar-refractivity contribution in [1.82, 2.24) is 0 Å². The number of hydrogen-bond donors (Lipinski definition) is 0. The van der Waals surface area contributed by atoms with Crippen molar-refractivity contribution in [2.45, 2.75) is 0 Å². The third kappa shape index (κ3) is 3.97. The zero-order valence-corrected chi connectivity index (χ0v) is 5.96. The molecule has 0 amide bonds. The second kappa shape index (κ2) is 5.82. The number of nitrogens with zero attached hydrogens (tertiary/aromatic N) is 2. The Morgan fingerprint density at radius 3 is 1.42 bits per heavy atom. The lowest BCUT2D eigenvalue weighted by Gasteiger charge is -1.85. The maximum absolute atomic E-state index is 11.9. The monoisotopic (exact) mass is 166 g/mol. The van der Waals surface area contributed by atoms with Gasteiger partial charge in [-0.15, -0.1) is 0 Å². The fourth-order valence-electron chi connectivity index (χ4n) is 0.439. The molecule has 0 atom stereocenters. The van der Waals surface area contributed by atoms with E-state index in [1.54, 1.807) is 0 Å². The summed E-state index contributed by atoms with van der Waals surface area (Å²) in [5.74, 6) is -1.60. The normalized spacial score (nSPS) is 7.00. The van der Waals surface area contributed by atoms with Crippen molar-refractivity contribution in [3.63, 3.8) is 0 Å². The summed E-state index contributed by atoms with van der Waals surface area (Å²) in [4.78, 5) is 0. The number of benzene rings is 1. The van der Waals surface area contributed by atoms with E-state index in [1.165, 1.54) is 24.3 Å². The number of nitriles is 2. The lowest BCUT2D eigenvalue weighted by atomic mass is 10.3. The Morgan fingerprint density at radius 2 is 1.25 bits per heavy atom. The quantitative estimate of drug-likeness (QED) is 0.591. The minimum absolute atomic E-state index is 0.799. The van der Waals surface area contributed by atoms with Crippen LogP contribution in [0.1, 0.15) is 0 Å². The topological polar surface area (TPSA) is 47.6 Å². The van der Waals surface area contributed by atoms with Gasteiger partial charge in [-0.05, 0) is 12.1 Å². The molecule has 60 valence electrons. The summed E-state index contributed by atoms with van der Waals surface area (Å²) in [7, 11) is 0. The lowest BCUT2D eigenvalue weighted by molar-refractivity contribution is 0.508. The SMILES string of the molecule is Fc1ccccc1F.N#CC#N. The Hall–Kier alpha value is -1.94. The summed E-state index contributed by atoms with van der Waals surface area (Å²) < 4.78 is 23.9. The molecular formula is C8H4F2N2. The molecule has 12 heavy (non-hydrogen) atoms. The first-order valence-electron chi connectivity index (χ1n) is 2.90. The van der Waals surface area contributed by atoms with Crippen LogP contribution in [0.2, 0.25) is 0 Å². The first kappa shape index (κ1) is 10.1. The highest BCUT2D eigenvalue weighted by atomic mass is 19.2. The van der Waals surface area contributed by atoms with Crippen LogP contribution in [0.15, 0.2) is 24.3 Å². The van der Waals surface area contributed by atoms with Gasteiger partial charge >= 0.3 is 0 Å². The van der Waals surface area contributed by atoms with Crippen LogP contribution in [0, 0.1) is 34.3 Å². The number of rotatable bonds is 0. The van der Waals surface area contributed by atoms with E-state index in [9.17, 15) is 8.78 Å². The second-order valence-electron chi connectivity index (χ2n) is 1.64. The highest BCUT2D eigenvalue weighted by molar-refractivity contribution is 5.05. The van der Waals surface area contributed by atoms with Crippen LogP contribution in [0.4, 0.5) is 8.78 Å². The molecule has 0 N–H and O–H groups in total. The van der Waals surface area contributed by atoms with E-state index in [-0.39, 0.29) is 0 Å². The molecule has 0 aliphatic heterocycles. The van der Waals surface area contributed by atoms with Gasteiger partial charge in [0.15, 0.2) is 23.8 Å². The zero-order valence-electron chi connectivity index (χ0n) is 5.96. The largest absolute Gasteiger partial charge is 0.204 e. The predicted molar refractivity (Wildman–Crippen MR) is 37.6 cm³/mol. The highest BCUT2D eigenvalue weighted by Crippen LogP contribution is 2.01. The molecule has 1 aromatic rings. The Kier molecular flexibility index (Phi) is 4.88. The highest BCUT2D eigenvalue weighted by Gasteiger charge is 1.93. The van der Waals surface area contributed by atoms with Crippen LogP contribution >= 0.6 is 0 Å². The van der Waals surface area contributed by atoms with Crippen molar-refractivity contribution in [2.75, 3.05) is 0 Å². The zero-order chi connectivity index (χ0) is 9.40. The molecule has 0 unspecified atom stereocenters. The first-order valence-corrected chi connectivity index (χ1v) is 2.90. The Balaban J connectivity index is 0.000000261. The van der Waals surface area contributed by atoms with E-state index in [2.05, 4.69) is 0 Å². The van der Waals surface area contributed by atoms with E-state index >= 15 is 0 Å². The maximum Gasteiger partial charge on any atom is 0.181 e. The molecule has 0 saturated heterocycles. The average Bonchev–Trinajstić information content (AvgIpc) is 2.11. The van der Waals surface area contributed by atoms with Crippen molar-refractivity contribution >= 4 is 0 Å². The lowest BCUT2D eigenvalue weighted by Crippen LogP contribution is -1.77. The molecule has 0 aromatic heterocycles. The Labute approximate surface area is 68.3 Å². The van der Waals surface area contributed by atoms with Gasteiger partial charge in [-0.3, -0.25) is 0 Å². The van der Waals surface area contributed by atoms with Gasteiger partial charge < -0.3 is 0 Å². The molecule has 0 bridgehead atoms. The predicted octanol–water partition coefficient (Wildman–Crippen LogP) is 2.00. The third-order valence-corrected chi connectivity index (χ3v) is 0.874. The van der Waals surface area contributed by atoms with Crippen LogP contribution in [-0.2, 0) is 0 Å². The minimum atomic E-state index is -0.799. The van der Waals surface area contributed by atoms with Crippen LogP contribution < -0.4 is 0 Å².